The smallest absolute Gasteiger partial charge is 0.327 e. The van der Waals surface area contributed by atoms with Crippen LogP contribution in [0.4, 0.5) is 0 Å². The molecule has 3 rings (SSSR count). The summed E-state index contributed by atoms with van der Waals surface area (Å²) in [5, 5.41) is 10.3. The number of aromatic amines is 2. The molecule has 1 aromatic carbocycles. The van der Waals surface area contributed by atoms with Gasteiger partial charge in [-0.05, 0) is 24.3 Å². The van der Waals surface area contributed by atoms with Gasteiger partial charge in [-0.2, -0.15) is 0 Å². The molecule has 0 saturated heterocycles. The van der Waals surface area contributed by atoms with Crippen molar-refractivity contribution in [3.05, 3.63) is 51.2 Å². The monoisotopic (exact) mass is 285 g/mol. The first-order valence-electron chi connectivity index (χ1n) is 6.09. The van der Waals surface area contributed by atoms with Crippen molar-refractivity contribution < 1.29 is 9.84 Å². The Balaban J connectivity index is 2.22. The van der Waals surface area contributed by atoms with E-state index in [9.17, 15) is 14.7 Å². The van der Waals surface area contributed by atoms with Gasteiger partial charge in [-0.25, -0.2) is 9.78 Å². The Hall–Kier alpha value is -3.09. The molecular formula is C14H11N3O4. The summed E-state index contributed by atoms with van der Waals surface area (Å²) in [6.07, 6.45) is 0. The summed E-state index contributed by atoms with van der Waals surface area (Å²) >= 11 is 0. The summed E-state index contributed by atoms with van der Waals surface area (Å²) in [6.45, 7) is 0. The average molecular weight is 285 g/mol. The van der Waals surface area contributed by atoms with E-state index in [0.29, 0.717) is 17.0 Å². The molecule has 7 heteroatoms. The normalized spacial score (nSPS) is 10.7. The highest BCUT2D eigenvalue weighted by Crippen LogP contribution is 2.31. The van der Waals surface area contributed by atoms with Gasteiger partial charge in [0.25, 0.3) is 5.56 Å². The van der Waals surface area contributed by atoms with Crippen LogP contribution in [-0.4, -0.2) is 27.2 Å². The molecule has 7 nitrogen and oxygen atoms in total. The van der Waals surface area contributed by atoms with E-state index in [1.165, 1.54) is 19.2 Å². The summed E-state index contributed by atoms with van der Waals surface area (Å²) < 4.78 is 5.01. The third kappa shape index (κ3) is 2.25. The van der Waals surface area contributed by atoms with Crippen LogP contribution in [0.2, 0.25) is 0 Å². The molecule has 0 saturated carbocycles. The Morgan fingerprint density at radius 3 is 2.67 bits per heavy atom. The fourth-order valence-electron chi connectivity index (χ4n) is 2.05. The zero-order valence-corrected chi connectivity index (χ0v) is 11.0. The lowest BCUT2D eigenvalue weighted by atomic mass is 10.1. The van der Waals surface area contributed by atoms with E-state index in [-0.39, 0.29) is 16.8 Å². The number of H-pyrrole nitrogens is 2. The standard InChI is InChI=1S/C14H11N3O4/c1-21-7-2-3-8(11(18)6-7)10-5-4-9-12(15-10)16-14(20)17-13(9)19/h2-6,18H,1H3,(H2,15,16,17,19,20). The number of nitrogens with zero attached hydrogens (tertiary/aromatic N) is 1. The van der Waals surface area contributed by atoms with Crippen LogP contribution in [-0.2, 0) is 0 Å². The predicted molar refractivity (Wildman–Crippen MR) is 76.6 cm³/mol. The third-order valence-corrected chi connectivity index (χ3v) is 3.08. The van der Waals surface area contributed by atoms with Gasteiger partial charge in [0, 0.05) is 11.6 Å². The van der Waals surface area contributed by atoms with Gasteiger partial charge in [-0.1, -0.05) is 0 Å². The number of hydrogen-bond donors (Lipinski definition) is 3. The number of phenols is 1. The summed E-state index contributed by atoms with van der Waals surface area (Å²) in [5.74, 6) is 0.510. The fourth-order valence-corrected chi connectivity index (χ4v) is 2.05. The molecule has 0 radical (unpaired) electrons. The molecule has 0 spiro atoms. The quantitative estimate of drug-likeness (QED) is 0.650. The predicted octanol–water partition coefficient (Wildman–Crippen LogP) is 0.993. The van der Waals surface area contributed by atoms with E-state index >= 15 is 0 Å². The van der Waals surface area contributed by atoms with Gasteiger partial charge in [0.05, 0.1) is 18.2 Å². The average Bonchev–Trinajstić information content (AvgIpc) is 2.46. The SMILES string of the molecule is COc1ccc(-c2ccc3c(=O)[nH]c(=O)[nH]c3n2)c(O)c1. The van der Waals surface area contributed by atoms with Crippen molar-refractivity contribution in [2.24, 2.45) is 0 Å². The van der Waals surface area contributed by atoms with E-state index in [0.717, 1.165) is 0 Å². The second kappa shape index (κ2) is 4.78. The fraction of sp³-hybridized carbons (Fsp3) is 0.0714. The lowest BCUT2D eigenvalue weighted by Gasteiger charge is -2.07. The topological polar surface area (TPSA) is 108 Å². The molecule has 2 heterocycles. The molecule has 3 N–H and O–H groups in total. The number of nitrogens with one attached hydrogen (secondary N) is 2. The van der Waals surface area contributed by atoms with Gasteiger partial charge in [-0.15, -0.1) is 0 Å². The van der Waals surface area contributed by atoms with Crippen molar-refractivity contribution in [3.8, 4) is 22.8 Å². The van der Waals surface area contributed by atoms with Crippen molar-refractivity contribution in [1.29, 1.82) is 0 Å². The number of ether oxygens (including phenoxy) is 1. The van der Waals surface area contributed by atoms with Gasteiger partial charge in [0.15, 0.2) is 0 Å². The number of hydrogen-bond acceptors (Lipinski definition) is 5. The minimum absolute atomic E-state index is 0.00612. The highest BCUT2D eigenvalue weighted by molar-refractivity contribution is 5.78. The third-order valence-electron chi connectivity index (χ3n) is 3.08. The molecule has 0 aliphatic heterocycles. The molecule has 106 valence electrons. The number of aromatic hydroxyl groups is 1. The first-order chi connectivity index (χ1) is 10.1. The van der Waals surface area contributed by atoms with Gasteiger partial charge < -0.3 is 9.84 Å². The molecule has 0 aliphatic carbocycles. The number of methoxy groups -OCH3 is 1. The van der Waals surface area contributed by atoms with Crippen molar-refractivity contribution in [2.45, 2.75) is 0 Å². The minimum atomic E-state index is -0.629. The van der Waals surface area contributed by atoms with E-state index in [1.54, 1.807) is 18.2 Å². The molecule has 0 atom stereocenters. The Bertz CT molecular complexity index is 943. The maximum atomic E-state index is 11.6. The second-order valence-corrected chi connectivity index (χ2v) is 4.38. The number of aromatic nitrogens is 3. The highest BCUT2D eigenvalue weighted by Gasteiger charge is 2.09. The number of fused-ring (bicyclic) bond motifs is 1. The molecule has 0 aliphatic rings. The van der Waals surface area contributed by atoms with Crippen molar-refractivity contribution >= 4 is 11.0 Å². The first kappa shape index (κ1) is 12.9. The van der Waals surface area contributed by atoms with E-state index in [2.05, 4.69) is 15.0 Å². The molecule has 0 bridgehead atoms. The Labute approximate surface area is 117 Å². The van der Waals surface area contributed by atoms with Crippen LogP contribution in [0.5, 0.6) is 11.5 Å². The Morgan fingerprint density at radius 1 is 1.14 bits per heavy atom. The molecular weight excluding hydrogens is 274 g/mol. The van der Waals surface area contributed by atoms with Crippen LogP contribution in [0.25, 0.3) is 22.3 Å². The number of pyridine rings is 1. The Morgan fingerprint density at radius 2 is 1.95 bits per heavy atom. The van der Waals surface area contributed by atoms with Crippen molar-refractivity contribution in [1.82, 2.24) is 15.0 Å². The summed E-state index contributed by atoms with van der Waals surface area (Å²) in [6, 6.07) is 7.92. The van der Waals surface area contributed by atoms with Crippen molar-refractivity contribution in [3.63, 3.8) is 0 Å². The van der Waals surface area contributed by atoms with E-state index in [1.807, 2.05) is 0 Å². The Kier molecular flexibility index (Phi) is 2.94. The van der Waals surface area contributed by atoms with Gasteiger partial charge in [-0.3, -0.25) is 14.8 Å². The maximum absolute atomic E-state index is 11.6. The van der Waals surface area contributed by atoms with Crippen LogP contribution in [0.3, 0.4) is 0 Å². The minimum Gasteiger partial charge on any atom is -0.507 e. The largest absolute Gasteiger partial charge is 0.507 e. The molecule has 2 aromatic heterocycles. The maximum Gasteiger partial charge on any atom is 0.327 e. The van der Waals surface area contributed by atoms with Gasteiger partial charge >= 0.3 is 5.69 Å². The van der Waals surface area contributed by atoms with E-state index < -0.39 is 11.2 Å². The molecule has 21 heavy (non-hydrogen) atoms. The number of rotatable bonds is 2. The zero-order chi connectivity index (χ0) is 15.0. The molecule has 0 fully saturated rings. The van der Waals surface area contributed by atoms with Crippen LogP contribution in [0.1, 0.15) is 0 Å². The molecule has 0 amide bonds. The van der Waals surface area contributed by atoms with Crippen LogP contribution in [0.15, 0.2) is 39.9 Å². The molecule has 3 aromatic rings. The lowest BCUT2D eigenvalue weighted by Crippen LogP contribution is -2.22. The summed E-state index contributed by atoms with van der Waals surface area (Å²) in [4.78, 5) is 31.7. The van der Waals surface area contributed by atoms with Crippen molar-refractivity contribution in [2.75, 3.05) is 7.11 Å². The lowest BCUT2D eigenvalue weighted by molar-refractivity contribution is 0.408. The van der Waals surface area contributed by atoms with Gasteiger partial charge in [0.2, 0.25) is 0 Å². The summed E-state index contributed by atoms with van der Waals surface area (Å²) in [7, 11) is 1.50. The first-order valence-corrected chi connectivity index (χ1v) is 6.09. The molecule has 0 unspecified atom stereocenters. The van der Waals surface area contributed by atoms with E-state index in [4.69, 9.17) is 4.74 Å². The van der Waals surface area contributed by atoms with Crippen LogP contribution < -0.4 is 16.0 Å². The number of benzene rings is 1. The van der Waals surface area contributed by atoms with Crippen LogP contribution >= 0.6 is 0 Å². The number of phenolic OH excluding ortho intramolecular Hbond substituents is 1. The van der Waals surface area contributed by atoms with Gasteiger partial charge in [0.1, 0.15) is 17.1 Å². The van der Waals surface area contributed by atoms with Crippen LogP contribution in [0, 0.1) is 0 Å². The summed E-state index contributed by atoms with van der Waals surface area (Å²) in [5.41, 5.74) is -0.0675. The zero-order valence-electron chi connectivity index (χ0n) is 11.0. The highest BCUT2D eigenvalue weighted by atomic mass is 16.5. The second-order valence-electron chi connectivity index (χ2n) is 4.38.